The summed E-state index contributed by atoms with van der Waals surface area (Å²) in [5, 5.41) is 12.8. The monoisotopic (exact) mass is 301 g/mol. The molecule has 0 spiro atoms. The van der Waals surface area contributed by atoms with Crippen LogP contribution in [0.5, 0.6) is 0 Å². The molecule has 2 aromatic rings. The maximum Gasteiger partial charge on any atom is 0.244 e. The van der Waals surface area contributed by atoms with Crippen molar-refractivity contribution in [3.8, 4) is 0 Å². The number of halogens is 1. The summed E-state index contributed by atoms with van der Waals surface area (Å²) in [5.41, 5.74) is 1.71. The van der Waals surface area contributed by atoms with E-state index >= 15 is 0 Å². The number of carbonyl (C=O) groups excluding carboxylic acids is 1. The van der Waals surface area contributed by atoms with Gasteiger partial charge in [0, 0.05) is 11.1 Å². The first-order valence-electron chi connectivity index (χ1n) is 6.59. The van der Waals surface area contributed by atoms with Crippen LogP contribution in [0.4, 0.5) is 0 Å². The Morgan fingerprint density at radius 2 is 1.95 bits per heavy atom. The molecule has 1 atom stereocenters. The molecule has 0 fully saturated rings. The fraction of sp³-hybridized carbons (Fsp3) is 0.118. The second kappa shape index (κ2) is 7.62. The maximum absolute atomic E-state index is 11.9. The smallest absolute Gasteiger partial charge is 0.244 e. The molecule has 0 radical (unpaired) electrons. The van der Waals surface area contributed by atoms with Gasteiger partial charge in [-0.05, 0) is 29.3 Å². The third-order valence-corrected chi connectivity index (χ3v) is 3.21. The van der Waals surface area contributed by atoms with Crippen LogP contribution in [0.3, 0.4) is 0 Å². The average Bonchev–Trinajstić information content (AvgIpc) is 2.51. The fourth-order valence-electron chi connectivity index (χ4n) is 1.92. The number of hydrogen-bond donors (Lipinski definition) is 2. The summed E-state index contributed by atoms with van der Waals surface area (Å²) in [4.78, 5) is 11.9. The maximum atomic E-state index is 11.9. The van der Waals surface area contributed by atoms with Crippen LogP contribution in [0, 0.1) is 0 Å². The van der Waals surface area contributed by atoms with Crippen molar-refractivity contribution in [2.75, 3.05) is 6.61 Å². The Hall–Kier alpha value is -2.10. The van der Waals surface area contributed by atoms with Gasteiger partial charge in [0.15, 0.2) is 0 Å². The van der Waals surface area contributed by atoms with Crippen LogP contribution in [0.25, 0.3) is 6.08 Å². The van der Waals surface area contributed by atoms with Gasteiger partial charge >= 0.3 is 0 Å². The number of aliphatic hydroxyl groups is 1. The van der Waals surface area contributed by atoms with Crippen molar-refractivity contribution in [1.82, 2.24) is 5.32 Å². The van der Waals surface area contributed by atoms with Crippen molar-refractivity contribution in [3.63, 3.8) is 0 Å². The summed E-state index contributed by atoms with van der Waals surface area (Å²) in [7, 11) is 0. The Morgan fingerprint density at radius 3 is 2.62 bits per heavy atom. The van der Waals surface area contributed by atoms with Crippen molar-refractivity contribution >= 4 is 23.6 Å². The Bertz CT molecular complexity index is 626. The topological polar surface area (TPSA) is 49.3 Å². The zero-order valence-electron chi connectivity index (χ0n) is 11.4. The molecule has 2 N–H and O–H groups in total. The van der Waals surface area contributed by atoms with Crippen molar-refractivity contribution in [2.45, 2.75) is 6.04 Å². The number of hydrogen-bond acceptors (Lipinski definition) is 2. The molecule has 0 aliphatic carbocycles. The lowest BCUT2D eigenvalue weighted by molar-refractivity contribution is -0.117. The van der Waals surface area contributed by atoms with E-state index in [9.17, 15) is 9.90 Å². The lowest BCUT2D eigenvalue weighted by atomic mass is 10.1. The first kappa shape index (κ1) is 15.3. The predicted molar refractivity (Wildman–Crippen MR) is 84.9 cm³/mol. The van der Waals surface area contributed by atoms with Gasteiger partial charge in [-0.1, -0.05) is 54.1 Å². The summed E-state index contributed by atoms with van der Waals surface area (Å²) in [5.74, 6) is -0.266. The second-order valence-corrected chi connectivity index (χ2v) is 4.98. The summed E-state index contributed by atoms with van der Waals surface area (Å²) in [6.07, 6.45) is 3.11. The highest BCUT2D eigenvalue weighted by Gasteiger charge is 2.11. The molecule has 1 amide bonds. The van der Waals surface area contributed by atoms with E-state index in [2.05, 4.69) is 5.32 Å². The Kier molecular flexibility index (Phi) is 5.55. The van der Waals surface area contributed by atoms with Gasteiger partial charge < -0.3 is 10.4 Å². The van der Waals surface area contributed by atoms with Crippen LogP contribution < -0.4 is 5.32 Å². The molecule has 108 valence electrons. The van der Waals surface area contributed by atoms with Crippen LogP contribution >= 0.6 is 11.6 Å². The summed E-state index contributed by atoms with van der Waals surface area (Å²) >= 11 is 5.88. The molecule has 0 saturated carbocycles. The van der Waals surface area contributed by atoms with Gasteiger partial charge in [-0.25, -0.2) is 0 Å². The lowest BCUT2D eigenvalue weighted by Gasteiger charge is -2.15. The number of nitrogens with one attached hydrogen (secondary N) is 1. The molecule has 0 aliphatic heterocycles. The minimum absolute atomic E-state index is 0.152. The highest BCUT2D eigenvalue weighted by atomic mass is 35.5. The third kappa shape index (κ3) is 4.74. The molecule has 0 unspecified atom stereocenters. The standard InChI is InChI=1S/C17H16ClNO2/c18-15-8-4-5-13(11-15)9-10-17(21)19-16(12-20)14-6-2-1-3-7-14/h1-11,16,20H,12H2,(H,19,21)/b10-9+/t16-/m0/s1. The molecule has 0 bridgehead atoms. The SMILES string of the molecule is O=C(/C=C/c1cccc(Cl)c1)N[C@@H](CO)c1ccccc1. The molecule has 21 heavy (non-hydrogen) atoms. The summed E-state index contributed by atoms with van der Waals surface area (Å²) in [6.45, 7) is -0.152. The number of rotatable bonds is 5. The van der Waals surface area contributed by atoms with E-state index in [1.807, 2.05) is 42.5 Å². The van der Waals surface area contributed by atoms with E-state index in [0.717, 1.165) is 11.1 Å². The van der Waals surface area contributed by atoms with E-state index in [1.165, 1.54) is 6.08 Å². The molecule has 0 aliphatic rings. The van der Waals surface area contributed by atoms with Crippen molar-refractivity contribution in [1.29, 1.82) is 0 Å². The number of carbonyl (C=O) groups is 1. The van der Waals surface area contributed by atoms with Gasteiger partial charge in [-0.15, -0.1) is 0 Å². The predicted octanol–water partition coefficient (Wildman–Crippen LogP) is 3.20. The van der Waals surface area contributed by atoms with E-state index in [-0.39, 0.29) is 12.5 Å². The summed E-state index contributed by atoms with van der Waals surface area (Å²) in [6, 6.07) is 16.2. The van der Waals surface area contributed by atoms with E-state index in [0.29, 0.717) is 5.02 Å². The molecule has 0 aromatic heterocycles. The van der Waals surface area contributed by atoms with Crippen LogP contribution in [0.2, 0.25) is 5.02 Å². The first-order valence-corrected chi connectivity index (χ1v) is 6.97. The highest BCUT2D eigenvalue weighted by molar-refractivity contribution is 6.30. The quantitative estimate of drug-likeness (QED) is 0.833. The molecule has 0 saturated heterocycles. The Morgan fingerprint density at radius 1 is 1.19 bits per heavy atom. The Balaban J connectivity index is 2.00. The fourth-order valence-corrected chi connectivity index (χ4v) is 2.12. The number of aliphatic hydroxyl groups excluding tert-OH is 1. The molecule has 3 nitrogen and oxygen atoms in total. The van der Waals surface area contributed by atoms with Crippen molar-refractivity contribution in [2.24, 2.45) is 0 Å². The third-order valence-electron chi connectivity index (χ3n) is 2.98. The van der Waals surface area contributed by atoms with Crippen molar-refractivity contribution < 1.29 is 9.90 Å². The molecule has 2 aromatic carbocycles. The molecule has 0 heterocycles. The number of benzene rings is 2. The second-order valence-electron chi connectivity index (χ2n) is 4.54. The molecule has 4 heteroatoms. The van der Waals surface area contributed by atoms with Gasteiger partial charge in [0.2, 0.25) is 5.91 Å². The van der Waals surface area contributed by atoms with Crippen molar-refractivity contribution in [3.05, 3.63) is 76.8 Å². The van der Waals surface area contributed by atoms with Gasteiger partial charge in [0.1, 0.15) is 0 Å². The Labute approximate surface area is 128 Å². The minimum Gasteiger partial charge on any atom is -0.394 e. The van der Waals surface area contributed by atoms with Crippen LogP contribution in [0.15, 0.2) is 60.7 Å². The van der Waals surface area contributed by atoms with Crippen LogP contribution in [-0.2, 0) is 4.79 Å². The van der Waals surface area contributed by atoms with Gasteiger partial charge in [-0.2, -0.15) is 0 Å². The summed E-state index contributed by atoms with van der Waals surface area (Å²) < 4.78 is 0. The van der Waals surface area contributed by atoms with Gasteiger partial charge in [0.25, 0.3) is 0 Å². The molecular weight excluding hydrogens is 286 g/mol. The van der Waals surface area contributed by atoms with Crippen LogP contribution in [-0.4, -0.2) is 17.6 Å². The van der Waals surface area contributed by atoms with E-state index in [1.54, 1.807) is 18.2 Å². The highest BCUT2D eigenvalue weighted by Crippen LogP contribution is 2.13. The van der Waals surface area contributed by atoms with Gasteiger partial charge in [0.05, 0.1) is 12.6 Å². The lowest BCUT2D eigenvalue weighted by Crippen LogP contribution is -2.29. The zero-order valence-corrected chi connectivity index (χ0v) is 12.1. The minimum atomic E-state index is -0.414. The normalized spacial score (nSPS) is 12.3. The first-order chi connectivity index (χ1) is 10.2. The van der Waals surface area contributed by atoms with Crippen LogP contribution in [0.1, 0.15) is 17.2 Å². The van der Waals surface area contributed by atoms with E-state index < -0.39 is 6.04 Å². The van der Waals surface area contributed by atoms with Gasteiger partial charge in [-0.3, -0.25) is 4.79 Å². The average molecular weight is 302 g/mol. The molecule has 2 rings (SSSR count). The molecular formula is C17H16ClNO2. The van der Waals surface area contributed by atoms with E-state index in [4.69, 9.17) is 11.6 Å². The number of amides is 1. The zero-order chi connectivity index (χ0) is 15.1. The largest absolute Gasteiger partial charge is 0.394 e.